The number of carbonyl (C=O) groups excluding carboxylic acids is 2. The van der Waals surface area contributed by atoms with Crippen molar-refractivity contribution < 1.29 is 19.1 Å². The zero-order chi connectivity index (χ0) is 16.1. The largest absolute Gasteiger partial charge is 0.487 e. The highest BCUT2D eigenvalue weighted by Gasteiger charge is 2.24. The Morgan fingerprint density at radius 1 is 1.41 bits per heavy atom. The maximum absolute atomic E-state index is 12.2. The number of hydrogen-bond acceptors (Lipinski definition) is 4. The molecule has 118 valence electrons. The molecule has 1 unspecified atom stereocenters. The van der Waals surface area contributed by atoms with Crippen LogP contribution in [0.1, 0.15) is 37.0 Å². The first-order valence-electron chi connectivity index (χ1n) is 7.32. The van der Waals surface area contributed by atoms with Gasteiger partial charge >= 0.3 is 0 Å². The summed E-state index contributed by atoms with van der Waals surface area (Å²) in [5.74, 6) is 0.233. The van der Waals surface area contributed by atoms with Crippen molar-refractivity contribution in [2.75, 3.05) is 18.5 Å². The van der Waals surface area contributed by atoms with E-state index in [1.54, 1.807) is 18.2 Å². The molecule has 1 heterocycles. The zero-order valence-corrected chi connectivity index (χ0v) is 13.0. The smallest absolute Gasteiger partial charge is 0.253 e. The lowest BCUT2D eigenvalue weighted by Gasteiger charge is -2.15. The maximum Gasteiger partial charge on any atom is 0.253 e. The van der Waals surface area contributed by atoms with Crippen LogP contribution in [0.15, 0.2) is 30.4 Å². The summed E-state index contributed by atoms with van der Waals surface area (Å²) < 4.78 is 11.0. The Kier molecular flexibility index (Phi) is 5.33. The van der Waals surface area contributed by atoms with Crippen molar-refractivity contribution >= 4 is 17.4 Å². The highest BCUT2D eigenvalue weighted by molar-refractivity contribution is 5.99. The lowest BCUT2D eigenvalue weighted by Crippen LogP contribution is -2.27. The van der Waals surface area contributed by atoms with Crippen molar-refractivity contribution in [1.29, 1.82) is 0 Å². The third-order valence-corrected chi connectivity index (χ3v) is 3.34. The van der Waals surface area contributed by atoms with E-state index in [-0.39, 0.29) is 11.7 Å². The van der Waals surface area contributed by atoms with Crippen LogP contribution in [0.5, 0.6) is 5.75 Å². The van der Waals surface area contributed by atoms with Gasteiger partial charge in [0.2, 0.25) is 0 Å². The predicted octanol–water partition coefficient (Wildman–Crippen LogP) is 2.96. The molecular weight excluding hydrogens is 282 g/mol. The SMILES string of the molecule is C=C(C)COc1ccc(C(C)=O)cc1NC(=O)C1CCCO1. The first-order valence-corrected chi connectivity index (χ1v) is 7.32. The van der Waals surface area contributed by atoms with Gasteiger partial charge in [0.25, 0.3) is 5.91 Å². The molecule has 0 bridgehead atoms. The number of ether oxygens (including phenoxy) is 2. The third kappa shape index (κ3) is 4.18. The molecule has 2 rings (SSSR count). The number of carbonyl (C=O) groups is 2. The van der Waals surface area contributed by atoms with Crippen molar-refractivity contribution in [2.24, 2.45) is 0 Å². The number of Topliss-reactive ketones (excluding diaryl/α,β-unsaturated/α-hetero) is 1. The van der Waals surface area contributed by atoms with Gasteiger partial charge in [-0.3, -0.25) is 9.59 Å². The van der Waals surface area contributed by atoms with Crippen LogP contribution in [0.3, 0.4) is 0 Å². The van der Waals surface area contributed by atoms with Crippen LogP contribution in [0.2, 0.25) is 0 Å². The first kappa shape index (κ1) is 16.2. The Morgan fingerprint density at radius 2 is 2.18 bits per heavy atom. The summed E-state index contributed by atoms with van der Waals surface area (Å²) >= 11 is 0. The van der Waals surface area contributed by atoms with Gasteiger partial charge < -0.3 is 14.8 Å². The average molecular weight is 303 g/mol. The Morgan fingerprint density at radius 3 is 2.77 bits per heavy atom. The van der Waals surface area contributed by atoms with E-state index in [0.29, 0.717) is 36.6 Å². The number of hydrogen-bond donors (Lipinski definition) is 1. The topological polar surface area (TPSA) is 64.6 Å². The molecule has 0 radical (unpaired) electrons. The summed E-state index contributed by atoms with van der Waals surface area (Å²) in [5, 5.41) is 2.80. The quantitative estimate of drug-likeness (QED) is 0.648. The molecule has 1 N–H and O–H groups in total. The highest BCUT2D eigenvalue weighted by atomic mass is 16.5. The van der Waals surface area contributed by atoms with Crippen LogP contribution in [0.25, 0.3) is 0 Å². The minimum absolute atomic E-state index is 0.0703. The van der Waals surface area contributed by atoms with Gasteiger partial charge in [0.05, 0.1) is 5.69 Å². The van der Waals surface area contributed by atoms with Crippen LogP contribution in [-0.2, 0) is 9.53 Å². The summed E-state index contributed by atoms with van der Waals surface area (Å²) in [4.78, 5) is 23.7. The van der Waals surface area contributed by atoms with Gasteiger partial charge in [-0.25, -0.2) is 0 Å². The Hall–Kier alpha value is -2.14. The average Bonchev–Trinajstić information content (AvgIpc) is 2.99. The Bertz CT molecular complexity index is 588. The third-order valence-electron chi connectivity index (χ3n) is 3.34. The second-order valence-corrected chi connectivity index (χ2v) is 5.50. The lowest BCUT2D eigenvalue weighted by molar-refractivity contribution is -0.124. The van der Waals surface area contributed by atoms with E-state index in [1.165, 1.54) is 6.92 Å². The molecule has 1 aliphatic rings. The second kappa shape index (κ2) is 7.22. The fourth-order valence-electron chi connectivity index (χ4n) is 2.17. The molecule has 1 saturated heterocycles. The van der Waals surface area contributed by atoms with E-state index < -0.39 is 6.10 Å². The van der Waals surface area contributed by atoms with E-state index in [4.69, 9.17) is 9.47 Å². The molecule has 0 spiro atoms. The summed E-state index contributed by atoms with van der Waals surface area (Å²) in [6.45, 7) is 8.07. The van der Waals surface area contributed by atoms with E-state index in [1.807, 2.05) is 6.92 Å². The number of rotatable bonds is 6. The fourth-order valence-corrected chi connectivity index (χ4v) is 2.17. The molecule has 1 fully saturated rings. The molecule has 1 aromatic rings. The van der Waals surface area contributed by atoms with E-state index in [9.17, 15) is 9.59 Å². The minimum Gasteiger partial charge on any atom is -0.487 e. The normalized spacial score (nSPS) is 17.1. The summed E-state index contributed by atoms with van der Waals surface area (Å²) in [6.07, 6.45) is 1.15. The van der Waals surface area contributed by atoms with Gasteiger partial charge in [-0.2, -0.15) is 0 Å². The van der Waals surface area contributed by atoms with Gasteiger partial charge in [0.1, 0.15) is 18.5 Å². The molecule has 5 nitrogen and oxygen atoms in total. The fraction of sp³-hybridized carbons (Fsp3) is 0.412. The second-order valence-electron chi connectivity index (χ2n) is 5.50. The number of anilines is 1. The van der Waals surface area contributed by atoms with Crippen molar-refractivity contribution in [1.82, 2.24) is 0 Å². The molecule has 0 aromatic heterocycles. The van der Waals surface area contributed by atoms with Crippen molar-refractivity contribution in [3.8, 4) is 5.75 Å². The number of benzene rings is 1. The summed E-state index contributed by atoms with van der Waals surface area (Å²) in [6, 6.07) is 4.99. The van der Waals surface area contributed by atoms with Crippen LogP contribution in [-0.4, -0.2) is 31.0 Å². The lowest BCUT2D eigenvalue weighted by atomic mass is 10.1. The number of ketones is 1. The minimum atomic E-state index is -0.435. The Balaban J connectivity index is 2.19. The molecule has 1 aliphatic heterocycles. The van der Waals surface area contributed by atoms with Crippen molar-refractivity contribution in [3.05, 3.63) is 35.9 Å². The zero-order valence-electron chi connectivity index (χ0n) is 13.0. The molecular formula is C17H21NO4. The molecule has 22 heavy (non-hydrogen) atoms. The van der Waals surface area contributed by atoms with Gasteiger partial charge in [0, 0.05) is 12.2 Å². The van der Waals surface area contributed by atoms with Crippen LogP contribution >= 0.6 is 0 Å². The van der Waals surface area contributed by atoms with Gasteiger partial charge in [0.15, 0.2) is 5.78 Å². The predicted molar refractivity (Wildman–Crippen MR) is 84.4 cm³/mol. The molecule has 1 aromatic carbocycles. The highest BCUT2D eigenvalue weighted by Crippen LogP contribution is 2.27. The number of nitrogens with one attached hydrogen (secondary N) is 1. The standard InChI is InChI=1S/C17H21NO4/c1-11(2)10-22-15-7-6-13(12(3)19)9-14(15)18-17(20)16-5-4-8-21-16/h6-7,9,16H,1,4-5,8,10H2,2-3H3,(H,18,20). The Labute approximate surface area is 130 Å². The van der Waals surface area contributed by atoms with E-state index >= 15 is 0 Å². The summed E-state index contributed by atoms with van der Waals surface area (Å²) in [7, 11) is 0. The van der Waals surface area contributed by atoms with Crippen molar-refractivity contribution in [2.45, 2.75) is 32.8 Å². The van der Waals surface area contributed by atoms with Crippen molar-refractivity contribution in [3.63, 3.8) is 0 Å². The molecule has 0 saturated carbocycles. The number of amides is 1. The van der Waals surface area contributed by atoms with Crippen LogP contribution in [0, 0.1) is 0 Å². The van der Waals surface area contributed by atoms with Gasteiger partial charge in [-0.05, 0) is 50.5 Å². The maximum atomic E-state index is 12.2. The van der Waals surface area contributed by atoms with Crippen LogP contribution < -0.4 is 10.1 Å². The van der Waals surface area contributed by atoms with Crippen LogP contribution in [0.4, 0.5) is 5.69 Å². The molecule has 5 heteroatoms. The molecule has 0 aliphatic carbocycles. The first-order chi connectivity index (χ1) is 10.5. The van der Waals surface area contributed by atoms with Gasteiger partial charge in [-0.15, -0.1) is 0 Å². The van der Waals surface area contributed by atoms with E-state index in [0.717, 1.165) is 12.0 Å². The molecule has 1 amide bonds. The van der Waals surface area contributed by atoms with E-state index in [2.05, 4.69) is 11.9 Å². The monoisotopic (exact) mass is 303 g/mol. The molecule has 1 atom stereocenters. The summed E-state index contributed by atoms with van der Waals surface area (Å²) in [5.41, 5.74) is 1.87. The van der Waals surface area contributed by atoms with Gasteiger partial charge in [-0.1, -0.05) is 6.58 Å².